The molecule has 0 saturated heterocycles. The van der Waals surface area contributed by atoms with Crippen molar-refractivity contribution in [3.05, 3.63) is 38.0 Å². The molecule has 0 aliphatic heterocycles. The Balaban J connectivity index is 2.65. The van der Waals surface area contributed by atoms with Crippen LogP contribution in [0.5, 0.6) is 5.75 Å². The number of aryl methyl sites for hydroxylation is 1. The normalized spacial score (nSPS) is 10.5. The number of methoxy groups -OCH3 is 1. The molecule has 2 aromatic rings. The van der Waals surface area contributed by atoms with Gasteiger partial charge in [0, 0.05) is 4.47 Å². The van der Waals surface area contributed by atoms with Gasteiger partial charge in [0.15, 0.2) is 5.82 Å². The predicted molar refractivity (Wildman–Crippen MR) is 79.2 cm³/mol. The first-order valence-electron chi connectivity index (χ1n) is 5.06. The monoisotopic (exact) mass is 390 g/mol. The summed E-state index contributed by atoms with van der Waals surface area (Å²) >= 11 is 12.8. The molecule has 3 nitrogen and oxygen atoms in total. The van der Waals surface area contributed by atoms with E-state index in [0.29, 0.717) is 21.2 Å². The second kappa shape index (κ2) is 5.55. The maximum atomic E-state index is 6.05. The third-order valence-corrected chi connectivity index (χ3v) is 4.32. The summed E-state index contributed by atoms with van der Waals surface area (Å²) in [6.45, 7) is 1.87. The van der Waals surface area contributed by atoms with Crippen molar-refractivity contribution in [1.29, 1.82) is 0 Å². The smallest absolute Gasteiger partial charge is 0.164 e. The minimum atomic E-state index is 0.388. The zero-order chi connectivity index (χ0) is 13.3. The summed E-state index contributed by atoms with van der Waals surface area (Å²) in [7, 11) is 1.61. The quantitative estimate of drug-likeness (QED) is 0.699. The van der Waals surface area contributed by atoms with Crippen molar-refractivity contribution in [3.8, 4) is 17.1 Å². The minimum absolute atomic E-state index is 0.388. The highest BCUT2D eigenvalue weighted by Gasteiger charge is 2.13. The van der Waals surface area contributed by atoms with Gasteiger partial charge in [0.25, 0.3) is 0 Å². The highest BCUT2D eigenvalue weighted by molar-refractivity contribution is 9.10. The molecule has 1 aromatic heterocycles. The zero-order valence-electron chi connectivity index (χ0n) is 9.67. The lowest BCUT2D eigenvalue weighted by atomic mass is 10.2. The van der Waals surface area contributed by atoms with E-state index in [4.69, 9.17) is 16.3 Å². The average molecular weight is 392 g/mol. The molecule has 0 bridgehead atoms. The first-order chi connectivity index (χ1) is 8.52. The van der Waals surface area contributed by atoms with E-state index in [1.165, 1.54) is 0 Å². The number of hydrogen-bond donors (Lipinski definition) is 0. The lowest BCUT2D eigenvalue weighted by Crippen LogP contribution is -1.97. The molecule has 1 heterocycles. The Morgan fingerprint density at radius 1 is 1.22 bits per heavy atom. The van der Waals surface area contributed by atoms with Crippen LogP contribution in [-0.4, -0.2) is 17.1 Å². The standard InChI is InChI=1S/C12H9Br2ClN2O/c1-6-10(14)11(15)17-12(16-6)8-5-7(13)3-4-9(8)18-2/h3-5H,1-2H3. The summed E-state index contributed by atoms with van der Waals surface area (Å²) in [5, 5.41) is 0.388. The van der Waals surface area contributed by atoms with E-state index >= 15 is 0 Å². The van der Waals surface area contributed by atoms with Crippen LogP contribution in [0.1, 0.15) is 5.69 Å². The third kappa shape index (κ3) is 2.68. The zero-order valence-corrected chi connectivity index (χ0v) is 13.6. The number of rotatable bonds is 2. The van der Waals surface area contributed by atoms with Crippen molar-refractivity contribution in [2.24, 2.45) is 0 Å². The van der Waals surface area contributed by atoms with Gasteiger partial charge < -0.3 is 4.74 Å². The molecule has 0 aliphatic carbocycles. The fraction of sp³-hybridized carbons (Fsp3) is 0.167. The van der Waals surface area contributed by atoms with E-state index in [1.807, 2.05) is 25.1 Å². The summed E-state index contributed by atoms with van der Waals surface area (Å²) < 4.78 is 6.95. The molecule has 0 unspecified atom stereocenters. The van der Waals surface area contributed by atoms with Gasteiger partial charge in [0.2, 0.25) is 0 Å². The van der Waals surface area contributed by atoms with Gasteiger partial charge >= 0.3 is 0 Å². The molecule has 0 amide bonds. The fourth-order valence-corrected chi connectivity index (χ4v) is 2.25. The Kier molecular flexibility index (Phi) is 4.25. The van der Waals surface area contributed by atoms with E-state index < -0.39 is 0 Å². The van der Waals surface area contributed by atoms with Crippen molar-refractivity contribution in [1.82, 2.24) is 9.97 Å². The van der Waals surface area contributed by atoms with Gasteiger partial charge in [-0.3, -0.25) is 0 Å². The number of hydrogen-bond acceptors (Lipinski definition) is 3. The molecule has 18 heavy (non-hydrogen) atoms. The lowest BCUT2D eigenvalue weighted by Gasteiger charge is -2.09. The number of nitrogens with zero attached hydrogens (tertiary/aromatic N) is 2. The van der Waals surface area contributed by atoms with E-state index in [-0.39, 0.29) is 0 Å². The molecule has 0 aliphatic rings. The Morgan fingerprint density at radius 2 is 1.94 bits per heavy atom. The van der Waals surface area contributed by atoms with Crippen molar-refractivity contribution >= 4 is 43.5 Å². The predicted octanol–water partition coefficient (Wildman–Crippen LogP) is 4.64. The molecule has 0 radical (unpaired) electrons. The minimum Gasteiger partial charge on any atom is -0.496 e. The van der Waals surface area contributed by atoms with Crippen LogP contribution in [0.15, 0.2) is 27.1 Å². The van der Waals surface area contributed by atoms with Crippen LogP contribution in [0.4, 0.5) is 0 Å². The largest absolute Gasteiger partial charge is 0.496 e. The molecule has 94 valence electrons. The average Bonchev–Trinajstić information content (AvgIpc) is 2.35. The van der Waals surface area contributed by atoms with Gasteiger partial charge in [-0.2, -0.15) is 0 Å². The number of benzene rings is 1. The van der Waals surface area contributed by atoms with Crippen LogP contribution >= 0.6 is 43.5 Å². The van der Waals surface area contributed by atoms with Gasteiger partial charge in [0.05, 0.1) is 22.8 Å². The lowest BCUT2D eigenvalue weighted by molar-refractivity contribution is 0.416. The van der Waals surface area contributed by atoms with Gasteiger partial charge in [0.1, 0.15) is 10.9 Å². The maximum Gasteiger partial charge on any atom is 0.164 e. The van der Waals surface area contributed by atoms with Crippen molar-refractivity contribution in [2.45, 2.75) is 6.92 Å². The number of aromatic nitrogens is 2. The Bertz CT molecular complexity index is 582. The first kappa shape index (κ1) is 13.8. The van der Waals surface area contributed by atoms with Gasteiger partial charge in [-0.1, -0.05) is 27.5 Å². The molecule has 2 rings (SSSR count). The second-order valence-electron chi connectivity index (χ2n) is 3.58. The van der Waals surface area contributed by atoms with E-state index in [2.05, 4.69) is 41.8 Å². The van der Waals surface area contributed by atoms with Crippen LogP contribution in [0.25, 0.3) is 11.4 Å². The molecular formula is C12H9Br2ClN2O. The van der Waals surface area contributed by atoms with Crippen molar-refractivity contribution < 1.29 is 4.74 Å². The molecular weight excluding hydrogens is 383 g/mol. The summed E-state index contributed by atoms with van der Waals surface area (Å²) in [4.78, 5) is 8.67. The SMILES string of the molecule is COc1ccc(Br)cc1-c1nc(C)c(Br)c(Cl)n1. The van der Waals surface area contributed by atoms with E-state index in [0.717, 1.165) is 15.7 Å². The summed E-state index contributed by atoms with van der Waals surface area (Å²) in [6, 6.07) is 5.65. The summed E-state index contributed by atoms with van der Waals surface area (Å²) in [5.41, 5.74) is 1.58. The Labute approximate surface area is 127 Å². The maximum absolute atomic E-state index is 6.05. The van der Waals surface area contributed by atoms with E-state index in [9.17, 15) is 0 Å². The van der Waals surface area contributed by atoms with Crippen LogP contribution < -0.4 is 4.74 Å². The molecule has 1 aromatic carbocycles. The van der Waals surface area contributed by atoms with Crippen LogP contribution in [-0.2, 0) is 0 Å². The summed E-state index contributed by atoms with van der Waals surface area (Å²) in [6.07, 6.45) is 0. The molecule has 0 N–H and O–H groups in total. The third-order valence-electron chi connectivity index (χ3n) is 2.38. The highest BCUT2D eigenvalue weighted by atomic mass is 79.9. The molecule has 0 atom stereocenters. The Morgan fingerprint density at radius 3 is 2.56 bits per heavy atom. The van der Waals surface area contributed by atoms with Crippen LogP contribution in [0.2, 0.25) is 5.15 Å². The molecule has 0 fully saturated rings. The number of ether oxygens (including phenoxy) is 1. The first-order valence-corrected chi connectivity index (χ1v) is 7.03. The van der Waals surface area contributed by atoms with Gasteiger partial charge in [-0.05, 0) is 41.1 Å². The van der Waals surface area contributed by atoms with E-state index in [1.54, 1.807) is 7.11 Å². The fourth-order valence-electron chi connectivity index (χ4n) is 1.50. The highest BCUT2D eigenvalue weighted by Crippen LogP contribution is 2.33. The second-order valence-corrected chi connectivity index (χ2v) is 5.65. The van der Waals surface area contributed by atoms with Crippen LogP contribution in [0, 0.1) is 6.92 Å². The molecule has 6 heteroatoms. The number of halogens is 3. The van der Waals surface area contributed by atoms with Crippen molar-refractivity contribution in [3.63, 3.8) is 0 Å². The molecule has 0 saturated carbocycles. The topological polar surface area (TPSA) is 35.0 Å². The molecule has 0 spiro atoms. The Hall–Kier alpha value is -0.650. The summed E-state index contributed by atoms with van der Waals surface area (Å²) in [5.74, 6) is 1.25. The van der Waals surface area contributed by atoms with Crippen LogP contribution in [0.3, 0.4) is 0 Å². The van der Waals surface area contributed by atoms with Gasteiger partial charge in [-0.15, -0.1) is 0 Å². The van der Waals surface area contributed by atoms with Crippen molar-refractivity contribution in [2.75, 3.05) is 7.11 Å². The van der Waals surface area contributed by atoms with Gasteiger partial charge in [-0.25, -0.2) is 9.97 Å².